The summed E-state index contributed by atoms with van der Waals surface area (Å²) in [6.07, 6.45) is 39.3. The maximum Gasteiger partial charge on any atom is 0.305 e. The standard InChI is InChI=1S/C34H64O2/c1-4-5-6-7-8-9-10-11-12-13-16-19-22-25-28-31-34(35)36-32-29-26-23-20-17-14-15-18-21-24-27-30-33(2)3/h8-9,11-12,33H,4-7,10,13-32H2,1-3H3/b9-8-,12-11-. The first-order valence-corrected chi connectivity index (χ1v) is 16.1. The Morgan fingerprint density at radius 1 is 0.583 bits per heavy atom. The molecule has 0 fully saturated rings. The second-order valence-corrected chi connectivity index (χ2v) is 11.3. The predicted octanol–water partition coefficient (Wildman–Crippen LogP) is 11.7. The molecule has 0 aromatic carbocycles. The van der Waals surface area contributed by atoms with E-state index in [0.29, 0.717) is 13.0 Å². The van der Waals surface area contributed by atoms with Crippen LogP contribution in [0.15, 0.2) is 24.3 Å². The fourth-order valence-corrected chi connectivity index (χ4v) is 4.58. The highest BCUT2D eigenvalue weighted by Crippen LogP contribution is 2.14. The molecule has 36 heavy (non-hydrogen) atoms. The second-order valence-electron chi connectivity index (χ2n) is 11.3. The van der Waals surface area contributed by atoms with Gasteiger partial charge in [0.25, 0.3) is 0 Å². The molecule has 0 rings (SSSR count). The molecular formula is C34H64O2. The van der Waals surface area contributed by atoms with E-state index in [1.165, 1.54) is 122 Å². The maximum absolute atomic E-state index is 11.9. The van der Waals surface area contributed by atoms with Gasteiger partial charge in [-0.1, -0.05) is 148 Å². The Hall–Kier alpha value is -1.05. The van der Waals surface area contributed by atoms with E-state index in [4.69, 9.17) is 4.74 Å². The summed E-state index contributed by atoms with van der Waals surface area (Å²) < 4.78 is 5.41. The molecule has 0 heterocycles. The summed E-state index contributed by atoms with van der Waals surface area (Å²) in [5.74, 6) is 0.873. The van der Waals surface area contributed by atoms with Crippen LogP contribution in [-0.4, -0.2) is 12.6 Å². The average Bonchev–Trinajstić information content (AvgIpc) is 2.86. The molecule has 0 saturated heterocycles. The van der Waals surface area contributed by atoms with Crippen LogP contribution in [0.4, 0.5) is 0 Å². The molecule has 0 aromatic rings. The lowest BCUT2D eigenvalue weighted by Gasteiger charge is -2.06. The molecule has 212 valence electrons. The molecule has 2 nitrogen and oxygen atoms in total. The van der Waals surface area contributed by atoms with Crippen LogP contribution in [0, 0.1) is 5.92 Å². The van der Waals surface area contributed by atoms with E-state index in [0.717, 1.165) is 31.6 Å². The summed E-state index contributed by atoms with van der Waals surface area (Å²) in [5.41, 5.74) is 0. The summed E-state index contributed by atoms with van der Waals surface area (Å²) >= 11 is 0. The van der Waals surface area contributed by atoms with Crippen molar-refractivity contribution >= 4 is 5.97 Å². The number of esters is 1. The number of hydrogen-bond donors (Lipinski definition) is 0. The van der Waals surface area contributed by atoms with Crippen molar-refractivity contribution in [3.63, 3.8) is 0 Å². The molecule has 0 aliphatic heterocycles. The van der Waals surface area contributed by atoms with Gasteiger partial charge in [0, 0.05) is 6.42 Å². The minimum Gasteiger partial charge on any atom is -0.466 e. The van der Waals surface area contributed by atoms with Crippen LogP contribution in [0.1, 0.15) is 175 Å². The Kier molecular flexibility index (Phi) is 29.3. The molecule has 0 saturated carbocycles. The summed E-state index contributed by atoms with van der Waals surface area (Å²) in [4.78, 5) is 11.9. The molecule has 0 aliphatic rings. The zero-order chi connectivity index (χ0) is 26.4. The molecule has 0 unspecified atom stereocenters. The van der Waals surface area contributed by atoms with E-state index in [1.54, 1.807) is 0 Å². The third kappa shape index (κ3) is 31.0. The number of rotatable bonds is 28. The zero-order valence-corrected chi connectivity index (χ0v) is 24.9. The fraction of sp³-hybridized carbons (Fsp3) is 0.853. The van der Waals surface area contributed by atoms with Gasteiger partial charge in [-0.2, -0.15) is 0 Å². The molecule has 0 radical (unpaired) electrons. The summed E-state index contributed by atoms with van der Waals surface area (Å²) in [6, 6.07) is 0. The van der Waals surface area contributed by atoms with Crippen molar-refractivity contribution in [2.24, 2.45) is 5.92 Å². The van der Waals surface area contributed by atoms with Crippen molar-refractivity contribution in [3.8, 4) is 0 Å². The van der Waals surface area contributed by atoms with E-state index in [-0.39, 0.29) is 5.97 Å². The molecule has 0 N–H and O–H groups in total. The van der Waals surface area contributed by atoms with Crippen LogP contribution >= 0.6 is 0 Å². The van der Waals surface area contributed by atoms with Crippen molar-refractivity contribution in [1.82, 2.24) is 0 Å². The molecule has 0 aliphatic carbocycles. The average molecular weight is 505 g/mol. The van der Waals surface area contributed by atoms with Crippen molar-refractivity contribution in [3.05, 3.63) is 24.3 Å². The van der Waals surface area contributed by atoms with E-state index in [2.05, 4.69) is 45.1 Å². The van der Waals surface area contributed by atoms with Gasteiger partial charge in [-0.25, -0.2) is 0 Å². The van der Waals surface area contributed by atoms with Crippen LogP contribution in [0.5, 0.6) is 0 Å². The number of carbonyl (C=O) groups is 1. The lowest BCUT2D eigenvalue weighted by molar-refractivity contribution is -0.143. The van der Waals surface area contributed by atoms with Crippen LogP contribution in [-0.2, 0) is 9.53 Å². The number of unbranched alkanes of at least 4 members (excludes halogenated alkanes) is 18. The monoisotopic (exact) mass is 504 g/mol. The smallest absolute Gasteiger partial charge is 0.305 e. The molecule has 0 aromatic heterocycles. The van der Waals surface area contributed by atoms with Gasteiger partial charge in [-0.05, 0) is 50.9 Å². The van der Waals surface area contributed by atoms with Gasteiger partial charge in [0.15, 0.2) is 0 Å². The Morgan fingerprint density at radius 2 is 1.06 bits per heavy atom. The van der Waals surface area contributed by atoms with Gasteiger partial charge in [0.05, 0.1) is 6.61 Å². The summed E-state index contributed by atoms with van der Waals surface area (Å²) in [7, 11) is 0. The number of carbonyl (C=O) groups excluding carboxylic acids is 1. The van der Waals surface area contributed by atoms with E-state index >= 15 is 0 Å². The third-order valence-electron chi connectivity index (χ3n) is 7.02. The summed E-state index contributed by atoms with van der Waals surface area (Å²) in [5, 5.41) is 0. The van der Waals surface area contributed by atoms with Gasteiger partial charge in [-0.3, -0.25) is 4.79 Å². The molecular weight excluding hydrogens is 440 g/mol. The van der Waals surface area contributed by atoms with Gasteiger partial charge < -0.3 is 4.74 Å². The quantitative estimate of drug-likeness (QED) is 0.0601. The normalized spacial score (nSPS) is 11.9. The van der Waals surface area contributed by atoms with Crippen molar-refractivity contribution in [1.29, 1.82) is 0 Å². The first-order chi connectivity index (χ1) is 17.7. The number of hydrogen-bond acceptors (Lipinski definition) is 2. The van der Waals surface area contributed by atoms with Crippen LogP contribution < -0.4 is 0 Å². The first-order valence-electron chi connectivity index (χ1n) is 16.1. The van der Waals surface area contributed by atoms with Crippen LogP contribution in [0.2, 0.25) is 0 Å². The van der Waals surface area contributed by atoms with Gasteiger partial charge in [0.2, 0.25) is 0 Å². The fourth-order valence-electron chi connectivity index (χ4n) is 4.58. The highest BCUT2D eigenvalue weighted by Gasteiger charge is 2.02. The molecule has 0 bridgehead atoms. The highest BCUT2D eigenvalue weighted by molar-refractivity contribution is 5.69. The zero-order valence-electron chi connectivity index (χ0n) is 24.9. The van der Waals surface area contributed by atoms with E-state index in [1.807, 2.05) is 0 Å². The highest BCUT2D eigenvalue weighted by atomic mass is 16.5. The molecule has 0 amide bonds. The topological polar surface area (TPSA) is 26.3 Å². The Bertz CT molecular complexity index is 491. The number of allylic oxidation sites excluding steroid dienone is 4. The predicted molar refractivity (Wildman–Crippen MR) is 161 cm³/mol. The van der Waals surface area contributed by atoms with Crippen LogP contribution in [0.25, 0.3) is 0 Å². The lowest BCUT2D eigenvalue weighted by atomic mass is 10.0. The Labute approximate surface area is 227 Å². The molecule has 2 heteroatoms. The largest absolute Gasteiger partial charge is 0.466 e. The third-order valence-corrected chi connectivity index (χ3v) is 7.02. The van der Waals surface area contributed by atoms with Crippen molar-refractivity contribution < 1.29 is 9.53 Å². The van der Waals surface area contributed by atoms with E-state index < -0.39 is 0 Å². The van der Waals surface area contributed by atoms with Crippen LogP contribution in [0.3, 0.4) is 0 Å². The maximum atomic E-state index is 11.9. The van der Waals surface area contributed by atoms with E-state index in [9.17, 15) is 4.79 Å². The van der Waals surface area contributed by atoms with Gasteiger partial charge in [0.1, 0.15) is 0 Å². The molecule has 0 atom stereocenters. The van der Waals surface area contributed by atoms with Crippen molar-refractivity contribution in [2.45, 2.75) is 175 Å². The van der Waals surface area contributed by atoms with Gasteiger partial charge in [-0.15, -0.1) is 0 Å². The Morgan fingerprint density at radius 3 is 1.61 bits per heavy atom. The number of ether oxygens (including phenoxy) is 1. The first kappa shape index (κ1) is 35.0. The minimum absolute atomic E-state index is 0.00840. The Balaban J connectivity index is 3.24. The second kappa shape index (κ2) is 30.2. The minimum atomic E-state index is 0.00840. The SMILES string of the molecule is CCCCC/C=C\C/C=C\CCCCCCCC(=O)OCCCCCCCCCCCCCC(C)C. The van der Waals surface area contributed by atoms with Crippen molar-refractivity contribution in [2.75, 3.05) is 6.61 Å². The molecule has 0 spiro atoms. The summed E-state index contributed by atoms with van der Waals surface area (Å²) in [6.45, 7) is 7.52. The lowest BCUT2D eigenvalue weighted by Crippen LogP contribution is -2.05. The van der Waals surface area contributed by atoms with Gasteiger partial charge >= 0.3 is 5.97 Å².